The number of allylic oxidation sites excluding steroid dienone is 1. The summed E-state index contributed by atoms with van der Waals surface area (Å²) in [6, 6.07) is -0.539. The lowest BCUT2D eigenvalue weighted by molar-refractivity contribution is 0.390. The molecular formula is C10H13ClFN5O. The summed E-state index contributed by atoms with van der Waals surface area (Å²) >= 11 is 5.47. The topological polar surface area (TPSA) is 101 Å². The summed E-state index contributed by atoms with van der Waals surface area (Å²) in [5.74, 6) is -0.964. The molecular weight excluding hydrogens is 261 g/mol. The molecule has 1 aromatic rings. The lowest BCUT2D eigenvalue weighted by atomic mass is 10.1. The number of nitrogen functional groups attached to an aromatic ring is 1. The van der Waals surface area contributed by atoms with Crippen molar-refractivity contribution in [2.75, 3.05) is 12.8 Å². The molecule has 8 heteroatoms. The van der Waals surface area contributed by atoms with Crippen LogP contribution in [-0.2, 0) is 4.74 Å². The van der Waals surface area contributed by atoms with E-state index in [0.29, 0.717) is 5.57 Å². The Kier molecular flexibility index (Phi) is 4.43. The molecule has 4 N–H and O–H groups in total. The number of anilines is 1. The molecule has 1 rings (SSSR count). The molecule has 18 heavy (non-hydrogen) atoms. The van der Waals surface area contributed by atoms with Crippen LogP contribution in [0.3, 0.4) is 0 Å². The molecule has 1 unspecified atom stereocenters. The Bertz CT molecular complexity index is 491. The fourth-order valence-electron chi connectivity index (χ4n) is 1.35. The summed E-state index contributed by atoms with van der Waals surface area (Å²) in [5.41, 5.74) is 5.56. The van der Waals surface area contributed by atoms with Gasteiger partial charge in [-0.3, -0.25) is 15.5 Å². The number of nitrogens with two attached hydrogens (primary N) is 1. The van der Waals surface area contributed by atoms with Crippen LogP contribution in [-0.4, -0.2) is 28.0 Å². The Balaban J connectivity index is 3.14. The van der Waals surface area contributed by atoms with E-state index in [4.69, 9.17) is 32.9 Å². The Morgan fingerprint density at radius 3 is 2.67 bits per heavy atom. The molecule has 0 fully saturated rings. The van der Waals surface area contributed by atoms with Gasteiger partial charge in [0.2, 0.25) is 5.90 Å². The first-order valence-corrected chi connectivity index (χ1v) is 5.33. The fourth-order valence-corrected chi connectivity index (χ4v) is 1.47. The minimum atomic E-state index is -0.786. The van der Waals surface area contributed by atoms with Crippen molar-refractivity contribution in [1.82, 2.24) is 9.78 Å². The Labute approximate surface area is 108 Å². The number of aromatic nitrogens is 2. The molecule has 98 valence electrons. The Hall–Kier alpha value is -1.89. The van der Waals surface area contributed by atoms with Crippen LogP contribution in [0, 0.1) is 16.8 Å². The van der Waals surface area contributed by atoms with Gasteiger partial charge in [0.05, 0.1) is 19.3 Å². The molecule has 0 saturated carbocycles. The van der Waals surface area contributed by atoms with Crippen molar-refractivity contribution >= 4 is 28.4 Å². The van der Waals surface area contributed by atoms with Crippen LogP contribution >= 0.6 is 11.6 Å². The first kappa shape index (κ1) is 14.2. The molecule has 0 saturated heterocycles. The molecule has 0 spiro atoms. The zero-order chi connectivity index (χ0) is 13.9. The van der Waals surface area contributed by atoms with Gasteiger partial charge in [-0.25, -0.2) is 0 Å². The minimum absolute atomic E-state index is 0.0916. The Morgan fingerprint density at radius 1 is 1.67 bits per heavy atom. The van der Waals surface area contributed by atoms with Crippen LogP contribution in [0.4, 0.5) is 10.1 Å². The number of hydrogen-bond donors (Lipinski definition) is 3. The third-order valence-electron chi connectivity index (χ3n) is 2.31. The molecule has 1 heterocycles. The highest BCUT2D eigenvalue weighted by Crippen LogP contribution is 2.20. The van der Waals surface area contributed by atoms with Gasteiger partial charge in [-0.2, -0.15) is 4.39 Å². The van der Waals surface area contributed by atoms with E-state index in [0.717, 1.165) is 0 Å². The van der Waals surface area contributed by atoms with E-state index in [2.05, 4.69) is 5.10 Å². The van der Waals surface area contributed by atoms with Crippen molar-refractivity contribution in [1.29, 1.82) is 10.8 Å². The quantitative estimate of drug-likeness (QED) is 0.577. The smallest absolute Gasteiger partial charge is 0.255 e. The first-order chi connectivity index (χ1) is 8.36. The van der Waals surface area contributed by atoms with Gasteiger partial charge in [-0.15, -0.1) is 5.10 Å². The molecule has 1 atom stereocenters. The highest BCUT2D eigenvalue weighted by atomic mass is 35.5. The maximum absolute atomic E-state index is 13.1. The van der Waals surface area contributed by atoms with Crippen molar-refractivity contribution in [3.05, 3.63) is 23.8 Å². The minimum Gasteiger partial charge on any atom is -0.481 e. The largest absolute Gasteiger partial charge is 0.481 e. The third-order valence-corrected chi connectivity index (χ3v) is 2.42. The van der Waals surface area contributed by atoms with Crippen molar-refractivity contribution in [3.8, 4) is 0 Å². The number of nitrogens with one attached hydrogen (secondary N) is 2. The number of nitrogens with zero attached hydrogens (tertiary/aromatic N) is 2. The summed E-state index contributed by atoms with van der Waals surface area (Å²) in [6.45, 7) is 1.66. The molecule has 0 aliphatic rings. The predicted molar refractivity (Wildman–Crippen MR) is 67.7 cm³/mol. The second-order valence-corrected chi connectivity index (χ2v) is 3.92. The highest BCUT2D eigenvalue weighted by Gasteiger charge is 2.19. The molecule has 1 aromatic heterocycles. The van der Waals surface area contributed by atoms with Gasteiger partial charge in [0.1, 0.15) is 10.9 Å². The average Bonchev–Trinajstić information content (AvgIpc) is 2.64. The molecule has 0 bridgehead atoms. The van der Waals surface area contributed by atoms with Gasteiger partial charge in [0.25, 0.3) is 5.95 Å². The van der Waals surface area contributed by atoms with Gasteiger partial charge in [0.15, 0.2) is 0 Å². The van der Waals surface area contributed by atoms with Crippen LogP contribution in [0.5, 0.6) is 0 Å². The van der Waals surface area contributed by atoms with Crippen LogP contribution < -0.4 is 5.73 Å². The van der Waals surface area contributed by atoms with Gasteiger partial charge in [-0.05, 0) is 13.0 Å². The highest BCUT2D eigenvalue weighted by molar-refractivity contribution is 6.67. The van der Waals surface area contributed by atoms with Crippen LogP contribution in [0.15, 0.2) is 17.8 Å². The van der Waals surface area contributed by atoms with E-state index < -0.39 is 12.0 Å². The molecule has 6 nitrogen and oxygen atoms in total. The summed E-state index contributed by atoms with van der Waals surface area (Å²) in [7, 11) is 1.32. The lowest BCUT2D eigenvalue weighted by Gasteiger charge is -2.16. The number of hydrogen-bond acceptors (Lipinski definition) is 5. The Morgan fingerprint density at radius 2 is 2.28 bits per heavy atom. The van der Waals surface area contributed by atoms with Crippen LogP contribution in [0.2, 0.25) is 0 Å². The second kappa shape index (κ2) is 5.63. The van der Waals surface area contributed by atoms with Gasteiger partial charge in [0, 0.05) is 5.57 Å². The zero-order valence-corrected chi connectivity index (χ0v) is 10.6. The number of ether oxygens (including phenoxy) is 1. The number of methoxy groups -OCH3 is 1. The fraction of sp³-hybridized carbons (Fsp3) is 0.300. The van der Waals surface area contributed by atoms with Crippen LogP contribution in [0.1, 0.15) is 13.0 Å². The number of halogens is 2. The third kappa shape index (κ3) is 3.07. The summed E-state index contributed by atoms with van der Waals surface area (Å²) in [5, 5.41) is 18.1. The molecule has 0 radical (unpaired) electrons. The van der Waals surface area contributed by atoms with E-state index in [1.165, 1.54) is 24.1 Å². The normalized spacial score (nSPS) is 13.2. The van der Waals surface area contributed by atoms with E-state index >= 15 is 0 Å². The van der Waals surface area contributed by atoms with E-state index in [-0.39, 0.29) is 16.8 Å². The summed E-state index contributed by atoms with van der Waals surface area (Å²) in [6.07, 6.45) is 2.54. The summed E-state index contributed by atoms with van der Waals surface area (Å²) < 4.78 is 19.1. The maximum atomic E-state index is 13.1. The maximum Gasteiger partial charge on any atom is 0.255 e. The summed E-state index contributed by atoms with van der Waals surface area (Å²) in [4.78, 5) is 0. The molecule has 0 aliphatic carbocycles. The van der Waals surface area contributed by atoms with Crippen LogP contribution in [0.25, 0.3) is 0 Å². The zero-order valence-electron chi connectivity index (χ0n) is 9.87. The molecule has 0 amide bonds. The van der Waals surface area contributed by atoms with Gasteiger partial charge < -0.3 is 10.5 Å². The van der Waals surface area contributed by atoms with Crippen molar-refractivity contribution < 1.29 is 9.13 Å². The van der Waals surface area contributed by atoms with Gasteiger partial charge in [-0.1, -0.05) is 11.6 Å². The standard InChI is InChI=1S/C10H13ClFN5O/c1-5(17-4-7(13)9(12)16-17)6(3-8(11)14)10(15)18-2/h3-5,14-15H,13H2,1-2H3/b6-3-,14-8?,15-10?. The monoisotopic (exact) mass is 273 g/mol. The average molecular weight is 274 g/mol. The first-order valence-electron chi connectivity index (χ1n) is 4.95. The SMILES string of the molecule is COC(=N)/C(=C\C(=N)Cl)C(C)n1cc(N)c(F)n1. The molecule has 0 aliphatic heterocycles. The van der Waals surface area contributed by atoms with Crippen molar-refractivity contribution in [2.45, 2.75) is 13.0 Å². The van der Waals surface area contributed by atoms with E-state index in [9.17, 15) is 4.39 Å². The second-order valence-electron chi connectivity index (χ2n) is 3.51. The van der Waals surface area contributed by atoms with Gasteiger partial charge >= 0.3 is 0 Å². The van der Waals surface area contributed by atoms with E-state index in [1.54, 1.807) is 6.92 Å². The number of rotatable bonds is 4. The van der Waals surface area contributed by atoms with E-state index in [1.807, 2.05) is 0 Å². The predicted octanol–water partition coefficient (Wildman–Crippen LogP) is 1.93. The van der Waals surface area contributed by atoms with Crippen molar-refractivity contribution in [3.63, 3.8) is 0 Å². The lowest BCUT2D eigenvalue weighted by Crippen LogP contribution is -2.17. The van der Waals surface area contributed by atoms with Crippen molar-refractivity contribution in [2.24, 2.45) is 0 Å². The molecule has 0 aromatic carbocycles.